The predicted octanol–water partition coefficient (Wildman–Crippen LogP) is 2.12. The van der Waals surface area contributed by atoms with Gasteiger partial charge >= 0.3 is 23.5 Å². The number of rotatable bonds is 9. The van der Waals surface area contributed by atoms with Crippen molar-refractivity contribution in [1.82, 2.24) is 9.97 Å². The summed E-state index contributed by atoms with van der Waals surface area (Å²) in [5, 5.41) is 15.0. The molecular formula is C12H15FN5O12P3S. The van der Waals surface area contributed by atoms with Gasteiger partial charge in [0.25, 0.3) is 0 Å². The molecule has 1 aliphatic heterocycles. The topological polar surface area (TPSA) is 264 Å². The van der Waals surface area contributed by atoms with Gasteiger partial charge in [-0.2, -0.15) is 8.62 Å². The fourth-order valence-corrected chi connectivity index (χ4v) is 7.02. The molecule has 6 atom stereocenters. The van der Waals surface area contributed by atoms with Gasteiger partial charge in [0.1, 0.15) is 18.5 Å². The second kappa shape index (κ2) is 9.58. The number of phosphoric ester groups is 1. The van der Waals surface area contributed by atoms with Crippen molar-refractivity contribution in [3.05, 3.63) is 33.4 Å². The number of aliphatic hydroxyl groups excluding tert-OH is 1. The Bertz CT molecular complexity index is 1280. The highest BCUT2D eigenvalue weighted by Gasteiger charge is 2.57. The first-order chi connectivity index (χ1) is 15.6. The van der Waals surface area contributed by atoms with Crippen molar-refractivity contribution in [2.75, 3.05) is 6.61 Å². The van der Waals surface area contributed by atoms with Gasteiger partial charge in [0.15, 0.2) is 11.9 Å². The second-order valence-electron chi connectivity index (χ2n) is 6.65. The second-order valence-corrected chi connectivity index (χ2v) is 12.0. The summed E-state index contributed by atoms with van der Waals surface area (Å²) in [6, 6.07) is 0. The average Bonchev–Trinajstić information content (AvgIpc) is 3.20. The van der Waals surface area contributed by atoms with Crippen molar-refractivity contribution in [2.45, 2.75) is 31.0 Å². The molecule has 0 spiro atoms. The van der Waals surface area contributed by atoms with Crippen LogP contribution >= 0.6 is 34.8 Å². The zero-order valence-electron chi connectivity index (χ0n) is 16.6. The van der Waals surface area contributed by atoms with E-state index in [0.717, 1.165) is 11.3 Å². The Balaban J connectivity index is 1.86. The van der Waals surface area contributed by atoms with Crippen LogP contribution in [0.3, 0.4) is 0 Å². The summed E-state index contributed by atoms with van der Waals surface area (Å²) >= 11 is 1.14. The molecule has 0 aliphatic carbocycles. The smallest absolute Gasteiger partial charge is 0.387 e. The van der Waals surface area contributed by atoms with Crippen molar-refractivity contribution in [2.24, 2.45) is 5.11 Å². The van der Waals surface area contributed by atoms with E-state index >= 15 is 4.39 Å². The van der Waals surface area contributed by atoms with Crippen molar-refractivity contribution < 1.29 is 60.6 Å². The van der Waals surface area contributed by atoms with E-state index in [-0.39, 0.29) is 11.1 Å². The van der Waals surface area contributed by atoms with Gasteiger partial charge in [0.05, 0.1) is 22.5 Å². The van der Waals surface area contributed by atoms with Crippen LogP contribution in [0.15, 0.2) is 16.8 Å². The fourth-order valence-electron chi connectivity index (χ4n) is 2.98. The molecule has 0 aromatic carbocycles. The lowest BCUT2D eigenvalue weighted by Crippen LogP contribution is -2.44. The number of aromatic nitrogens is 2. The monoisotopic (exact) mass is 565 g/mol. The van der Waals surface area contributed by atoms with Gasteiger partial charge in [-0.1, -0.05) is 5.11 Å². The van der Waals surface area contributed by atoms with Crippen LogP contribution in [0.4, 0.5) is 4.39 Å². The first-order valence-electron chi connectivity index (χ1n) is 8.63. The van der Waals surface area contributed by atoms with Crippen LogP contribution in [0.25, 0.3) is 20.7 Å². The van der Waals surface area contributed by atoms with Gasteiger partial charge in [0, 0.05) is 10.5 Å². The molecule has 188 valence electrons. The number of hydrogen-bond donors (Lipinski definition) is 5. The van der Waals surface area contributed by atoms with Crippen molar-refractivity contribution in [3.63, 3.8) is 0 Å². The molecule has 2 unspecified atom stereocenters. The number of halogens is 1. The molecule has 34 heavy (non-hydrogen) atoms. The Morgan fingerprint density at radius 1 is 1.26 bits per heavy atom. The molecule has 0 saturated carbocycles. The molecule has 3 heterocycles. The zero-order chi connectivity index (χ0) is 25.5. The highest BCUT2D eigenvalue weighted by molar-refractivity contribution is 7.66. The molecule has 5 N–H and O–H groups in total. The number of nitrogens with zero attached hydrogens (tertiary/aromatic N) is 5. The average molecular weight is 565 g/mol. The zero-order valence-corrected chi connectivity index (χ0v) is 20.1. The molecule has 2 aromatic rings. The third-order valence-electron chi connectivity index (χ3n) is 4.31. The summed E-state index contributed by atoms with van der Waals surface area (Å²) in [5.41, 5.74) is 7.21. The Labute approximate surface area is 192 Å². The third kappa shape index (κ3) is 5.87. The van der Waals surface area contributed by atoms with Crippen LogP contribution in [0, 0.1) is 6.92 Å². The Morgan fingerprint density at radius 3 is 2.56 bits per heavy atom. The summed E-state index contributed by atoms with van der Waals surface area (Å²) in [7, 11) is -17.2. The van der Waals surface area contributed by atoms with E-state index in [1.165, 1.54) is 11.7 Å². The summed E-state index contributed by atoms with van der Waals surface area (Å²) in [5.74, 6) is 0. The Hall–Kier alpha value is -1.39. The molecule has 22 heteroatoms. The maximum absolute atomic E-state index is 15.1. The van der Waals surface area contributed by atoms with E-state index in [4.69, 9.17) is 20.1 Å². The lowest BCUT2D eigenvalue weighted by molar-refractivity contribution is -0.105. The number of thiophene rings is 1. The number of fused-ring (bicyclic) bond motifs is 1. The summed E-state index contributed by atoms with van der Waals surface area (Å²) in [6.07, 6.45) is -4.91. The SMILES string of the molecule is Cc1ncnc2c([C@@H]3O[C@@](COP(=O)(O)OP(=O)(O)OP(=O)(O)O)(N=[N+]=[N-])[C@@H](O)[C@H]3F)csc12. The van der Waals surface area contributed by atoms with Crippen LogP contribution in [0.5, 0.6) is 0 Å². The highest BCUT2D eigenvalue weighted by Crippen LogP contribution is 2.66. The molecule has 1 fully saturated rings. The maximum atomic E-state index is 15.1. The molecule has 17 nitrogen and oxygen atoms in total. The Kier molecular flexibility index (Phi) is 7.66. The van der Waals surface area contributed by atoms with E-state index in [9.17, 15) is 28.6 Å². The van der Waals surface area contributed by atoms with Crippen LogP contribution in [0.1, 0.15) is 17.4 Å². The van der Waals surface area contributed by atoms with Gasteiger partial charge in [-0.15, -0.1) is 11.3 Å². The number of aliphatic hydroxyl groups is 1. The van der Waals surface area contributed by atoms with Gasteiger partial charge in [0.2, 0.25) is 0 Å². The van der Waals surface area contributed by atoms with E-state index in [2.05, 4.69) is 33.1 Å². The van der Waals surface area contributed by atoms with Crippen LogP contribution in [-0.2, 0) is 31.6 Å². The molecular weight excluding hydrogens is 550 g/mol. The summed E-state index contributed by atoms with van der Waals surface area (Å²) < 4.78 is 66.7. The quantitative estimate of drug-likeness (QED) is 0.126. The van der Waals surface area contributed by atoms with Crippen molar-refractivity contribution in [3.8, 4) is 0 Å². The number of aryl methyl sites for hydroxylation is 1. The number of ether oxygens (including phenoxy) is 1. The van der Waals surface area contributed by atoms with Crippen LogP contribution in [-0.4, -0.2) is 59.3 Å². The lowest BCUT2D eigenvalue weighted by atomic mass is 10.0. The van der Waals surface area contributed by atoms with Crippen LogP contribution in [0.2, 0.25) is 0 Å². The molecule has 0 amide bonds. The number of hydrogen-bond acceptors (Lipinski definition) is 12. The molecule has 0 radical (unpaired) electrons. The minimum Gasteiger partial charge on any atom is -0.387 e. The number of phosphoric acid groups is 3. The summed E-state index contributed by atoms with van der Waals surface area (Å²) in [6.45, 7) is 0.281. The van der Waals surface area contributed by atoms with E-state index < -0.39 is 54.2 Å². The van der Waals surface area contributed by atoms with Crippen molar-refractivity contribution >= 4 is 45.0 Å². The molecule has 1 saturated heterocycles. The molecule has 3 rings (SSSR count). The predicted molar refractivity (Wildman–Crippen MR) is 109 cm³/mol. The molecule has 0 bridgehead atoms. The number of alkyl halides is 1. The van der Waals surface area contributed by atoms with E-state index in [0.29, 0.717) is 10.4 Å². The fraction of sp³-hybridized carbons (Fsp3) is 0.500. The highest BCUT2D eigenvalue weighted by atomic mass is 32.1. The van der Waals surface area contributed by atoms with E-state index in [1.54, 1.807) is 6.92 Å². The largest absolute Gasteiger partial charge is 0.490 e. The minimum absolute atomic E-state index is 0.144. The van der Waals surface area contributed by atoms with Gasteiger partial charge in [-0.3, -0.25) is 4.52 Å². The standard InChI is InChI=1S/C12H15FN5O12P3S/c1-5-10-8(16-4-15-5)6(2-34-10)9-7(13)11(19)12(28-9,17-18-14)3-27-32(23,24)30-33(25,26)29-31(20,21)22/h2,4,7,9,11,19H,3H2,1H3,(H,23,24)(H,25,26)(H2,20,21,22)/t7-,9-,11-,12+/m0/s1. The molecule has 2 aromatic heterocycles. The first kappa shape index (κ1) is 27.2. The van der Waals surface area contributed by atoms with Gasteiger partial charge < -0.3 is 29.4 Å². The Morgan fingerprint density at radius 2 is 1.94 bits per heavy atom. The van der Waals surface area contributed by atoms with E-state index in [1.807, 2.05) is 0 Å². The molecule has 1 aliphatic rings. The normalized spacial score (nSPS) is 28.9. The first-order valence-corrected chi connectivity index (χ1v) is 14.0. The van der Waals surface area contributed by atoms with Crippen molar-refractivity contribution in [1.29, 1.82) is 0 Å². The summed E-state index contributed by atoms with van der Waals surface area (Å²) in [4.78, 5) is 46.4. The van der Waals surface area contributed by atoms with Gasteiger partial charge in [-0.25, -0.2) is 28.1 Å². The number of azide groups is 1. The lowest BCUT2D eigenvalue weighted by Gasteiger charge is -2.27. The minimum atomic E-state index is -5.84. The third-order valence-corrected chi connectivity index (χ3v) is 9.19. The van der Waals surface area contributed by atoms with Crippen LogP contribution < -0.4 is 0 Å². The van der Waals surface area contributed by atoms with Gasteiger partial charge in [-0.05, 0) is 17.8 Å². The maximum Gasteiger partial charge on any atom is 0.490 e.